The molecule has 0 aromatic heterocycles. The standard InChI is InChI=1S/C11H19N3O6/c12-8(11(19)20)2-1-3-13-9(16)6-14(4-5-15)7-10(17)18/h5,8H,1-4,6-7,12H2,(H,13,16)(H,17,18)(H,19,20). The summed E-state index contributed by atoms with van der Waals surface area (Å²) in [5.74, 6) is -2.67. The van der Waals surface area contributed by atoms with Gasteiger partial charge < -0.3 is 26.1 Å². The molecule has 114 valence electrons. The van der Waals surface area contributed by atoms with Crippen molar-refractivity contribution in [1.82, 2.24) is 10.2 Å². The first-order valence-corrected chi connectivity index (χ1v) is 5.99. The lowest BCUT2D eigenvalue weighted by Crippen LogP contribution is -2.41. The third-order valence-electron chi connectivity index (χ3n) is 2.39. The third-order valence-corrected chi connectivity index (χ3v) is 2.39. The normalized spacial score (nSPS) is 11.9. The van der Waals surface area contributed by atoms with Crippen LogP contribution in [0, 0.1) is 0 Å². The topological polar surface area (TPSA) is 150 Å². The lowest BCUT2D eigenvalue weighted by molar-refractivity contribution is -0.139. The molecule has 0 aromatic rings. The number of carbonyl (C=O) groups is 4. The molecule has 1 atom stereocenters. The van der Waals surface area contributed by atoms with Crippen LogP contribution in [0.4, 0.5) is 0 Å². The van der Waals surface area contributed by atoms with E-state index < -0.39 is 30.4 Å². The molecule has 0 bridgehead atoms. The highest BCUT2D eigenvalue weighted by Crippen LogP contribution is 1.93. The number of hydrogen-bond acceptors (Lipinski definition) is 6. The minimum atomic E-state index is -1.13. The van der Waals surface area contributed by atoms with Gasteiger partial charge in [0, 0.05) is 6.54 Å². The molecule has 9 heteroatoms. The van der Waals surface area contributed by atoms with E-state index >= 15 is 0 Å². The Morgan fingerprint density at radius 1 is 1.25 bits per heavy atom. The van der Waals surface area contributed by atoms with Crippen molar-refractivity contribution in [3.63, 3.8) is 0 Å². The third kappa shape index (κ3) is 9.00. The lowest BCUT2D eigenvalue weighted by atomic mass is 10.2. The van der Waals surface area contributed by atoms with E-state index in [1.165, 1.54) is 4.90 Å². The van der Waals surface area contributed by atoms with E-state index in [0.717, 1.165) is 0 Å². The Bertz CT molecular complexity index is 360. The lowest BCUT2D eigenvalue weighted by Gasteiger charge is -2.16. The zero-order chi connectivity index (χ0) is 15.5. The fourth-order valence-corrected chi connectivity index (χ4v) is 1.41. The van der Waals surface area contributed by atoms with Gasteiger partial charge in [0.1, 0.15) is 12.3 Å². The van der Waals surface area contributed by atoms with E-state index in [1.54, 1.807) is 0 Å². The molecule has 0 rings (SSSR count). The molecule has 0 aliphatic carbocycles. The summed E-state index contributed by atoms with van der Waals surface area (Å²) >= 11 is 0. The predicted octanol–water partition coefficient (Wildman–Crippen LogP) is -2.12. The van der Waals surface area contributed by atoms with Crippen molar-refractivity contribution in [2.24, 2.45) is 5.73 Å². The number of carboxylic acid groups (broad SMARTS) is 2. The first-order valence-electron chi connectivity index (χ1n) is 5.99. The van der Waals surface area contributed by atoms with Crippen molar-refractivity contribution in [1.29, 1.82) is 0 Å². The second-order valence-corrected chi connectivity index (χ2v) is 4.17. The number of hydrogen-bond donors (Lipinski definition) is 4. The largest absolute Gasteiger partial charge is 0.480 e. The zero-order valence-corrected chi connectivity index (χ0v) is 10.9. The summed E-state index contributed by atoms with van der Waals surface area (Å²) in [5, 5.41) is 19.6. The summed E-state index contributed by atoms with van der Waals surface area (Å²) in [6.45, 7) is -0.530. The Labute approximate surface area is 115 Å². The molecule has 9 nitrogen and oxygen atoms in total. The van der Waals surface area contributed by atoms with Gasteiger partial charge in [0.2, 0.25) is 5.91 Å². The van der Waals surface area contributed by atoms with Crippen LogP contribution in [0.25, 0.3) is 0 Å². The molecule has 0 radical (unpaired) electrons. The number of aldehydes is 1. The summed E-state index contributed by atoms with van der Waals surface area (Å²) in [6.07, 6.45) is 1.14. The van der Waals surface area contributed by atoms with Gasteiger partial charge in [0.05, 0.1) is 19.6 Å². The maximum absolute atomic E-state index is 11.5. The first-order chi connectivity index (χ1) is 9.36. The monoisotopic (exact) mass is 289 g/mol. The van der Waals surface area contributed by atoms with Gasteiger partial charge in [-0.3, -0.25) is 19.3 Å². The molecule has 0 spiro atoms. The van der Waals surface area contributed by atoms with Crippen molar-refractivity contribution in [2.75, 3.05) is 26.2 Å². The first kappa shape index (κ1) is 18.0. The fraction of sp³-hybridized carbons (Fsp3) is 0.636. The van der Waals surface area contributed by atoms with Crippen LogP contribution in [0.3, 0.4) is 0 Å². The Morgan fingerprint density at radius 3 is 2.40 bits per heavy atom. The molecular weight excluding hydrogens is 270 g/mol. The van der Waals surface area contributed by atoms with E-state index in [0.29, 0.717) is 12.7 Å². The minimum Gasteiger partial charge on any atom is -0.480 e. The van der Waals surface area contributed by atoms with E-state index in [-0.39, 0.29) is 26.1 Å². The number of rotatable bonds is 11. The molecule has 0 aliphatic heterocycles. The summed E-state index contributed by atoms with van der Waals surface area (Å²) in [5.41, 5.74) is 5.28. The highest BCUT2D eigenvalue weighted by molar-refractivity contribution is 5.79. The summed E-state index contributed by atoms with van der Waals surface area (Å²) < 4.78 is 0. The molecule has 1 amide bonds. The Morgan fingerprint density at radius 2 is 1.90 bits per heavy atom. The van der Waals surface area contributed by atoms with Crippen molar-refractivity contribution in [2.45, 2.75) is 18.9 Å². The quantitative estimate of drug-likeness (QED) is 0.249. The second kappa shape index (κ2) is 9.87. The zero-order valence-electron chi connectivity index (χ0n) is 10.9. The highest BCUT2D eigenvalue weighted by atomic mass is 16.4. The van der Waals surface area contributed by atoms with Gasteiger partial charge >= 0.3 is 11.9 Å². The van der Waals surface area contributed by atoms with Gasteiger partial charge in [-0.05, 0) is 12.8 Å². The summed E-state index contributed by atoms with van der Waals surface area (Å²) in [4.78, 5) is 43.9. The number of nitrogens with one attached hydrogen (secondary N) is 1. The number of aliphatic carboxylic acids is 2. The van der Waals surface area contributed by atoms with Crippen molar-refractivity contribution in [3.05, 3.63) is 0 Å². The SMILES string of the molecule is NC(CCCNC(=O)CN(CC=O)CC(=O)O)C(=O)O. The molecule has 0 aromatic carbocycles. The van der Waals surface area contributed by atoms with Crippen LogP contribution in [0.2, 0.25) is 0 Å². The van der Waals surface area contributed by atoms with Gasteiger partial charge in [0.25, 0.3) is 0 Å². The average Bonchev–Trinajstić information content (AvgIpc) is 2.33. The summed E-state index contributed by atoms with van der Waals surface area (Å²) in [7, 11) is 0. The fourth-order valence-electron chi connectivity index (χ4n) is 1.41. The van der Waals surface area contributed by atoms with Crippen LogP contribution < -0.4 is 11.1 Å². The Hall–Kier alpha value is -2.00. The van der Waals surface area contributed by atoms with Gasteiger partial charge in [-0.15, -0.1) is 0 Å². The van der Waals surface area contributed by atoms with Crippen LogP contribution in [0.15, 0.2) is 0 Å². The van der Waals surface area contributed by atoms with Crippen LogP contribution in [-0.2, 0) is 19.2 Å². The van der Waals surface area contributed by atoms with Gasteiger partial charge in [0.15, 0.2) is 0 Å². The molecule has 0 heterocycles. The Balaban J connectivity index is 3.92. The number of nitrogens with two attached hydrogens (primary N) is 1. The molecule has 1 unspecified atom stereocenters. The molecule has 0 aliphatic rings. The molecule has 0 saturated carbocycles. The number of carboxylic acids is 2. The average molecular weight is 289 g/mol. The van der Waals surface area contributed by atoms with Gasteiger partial charge in [-0.1, -0.05) is 0 Å². The minimum absolute atomic E-state index is 0.149. The van der Waals surface area contributed by atoms with Gasteiger partial charge in [-0.2, -0.15) is 0 Å². The second-order valence-electron chi connectivity index (χ2n) is 4.17. The molecular formula is C11H19N3O6. The number of carbonyl (C=O) groups excluding carboxylic acids is 2. The number of amides is 1. The van der Waals surface area contributed by atoms with Crippen LogP contribution >= 0.6 is 0 Å². The van der Waals surface area contributed by atoms with Crippen LogP contribution in [-0.4, -0.2) is 71.5 Å². The van der Waals surface area contributed by atoms with Crippen molar-refractivity contribution >= 4 is 24.1 Å². The van der Waals surface area contributed by atoms with E-state index in [4.69, 9.17) is 15.9 Å². The van der Waals surface area contributed by atoms with Crippen LogP contribution in [0.1, 0.15) is 12.8 Å². The predicted molar refractivity (Wildman–Crippen MR) is 68.0 cm³/mol. The molecule has 0 saturated heterocycles. The molecule has 0 fully saturated rings. The van der Waals surface area contributed by atoms with Crippen LogP contribution in [0.5, 0.6) is 0 Å². The van der Waals surface area contributed by atoms with Crippen molar-refractivity contribution in [3.8, 4) is 0 Å². The van der Waals surface area contributed by atoms with Gasteiger partial charge in [-0.25, -0.2) is 0 Å². The maximum atomic E-state index is 11.5. The van der Waals surface area contributed by atoms with Crippen molar-refractivity contribution < 1.29 is 29.4 Å². The smallest absolute Gasteiger partial charge is 0.320 e. The number of nitrogens with zero attached hydrogens (tertiary/aromatic N) is 1. The molecule has 5 N–H and O–H groups in total. The van der Waals surface area contributed by atoms with E-state index in [1.807, 2.05) is 0 Å². The maximum Gasteiger partial charge on any atom is 0.320 e. The van der Waals surface area contributed by atoms with E-state index in [9.17, 15) is 19.2 Å². The summed E-state index contributed by atoms with van der Waals surface area (Å²) in [6, 6.07) is -0.967. The van der Waals surface area contributed by atoms with E-state index in [2.05, 4.69) is 5.32 Å². The molecule has 20 heavy (non-hydrogen) atoms. The highest BCUT2D eigenvalue weighted by Gasteiger charge is 2.14. The Kier molecular flexibility index (Phi) is 8.88.